The minimum atomic E-state index is -0.962. The predicted molar refractivity (Wildman–Crippen MR) is 113 cm³/mol. The Labute approximate surface area is 174 Å². The maximum absolute atomic E-state index is 11.7. The summed E-state index contributed by atoms with van der Waals surface area (Å²) in [6.07, 6.45) is 1.71. The number of rotatable bonds is 6. The van der Waals surface area contributed by atoms with Gasteiger partial charge in [-0.3, -0.25) is 14.3 Å². The summed E-state index contributed by atoms with van der Waals surface area (Å²) in [5.74, 6) is -1.14. The summed E-state index contributed by atoms with van der Waals surface area (Å²) in [6, 6.07) is 13.2. The van der Waals surface area contributed by atoms with Crippen molar-refractivity contribution in [2.75, 3.05) is 44.2 Å². The van der Waals surface area contributed by atoms with E-state index in [1.165, 1.54) is 0 Å². The van der Waals surface area contributed by atoms with E-state index in [4.69, 9.17) is 4.74 Å². The fourth-order valence-electron chi connectivity index (χ4n) is 3.74. The number of fused-ring (bicyclic) bond motifs is 1. The van der Waals surface area contributed by atoms with Gasteiger partial charge in [0.1, 0.15) is 6.33 Å². The standard InChI is InChI=1S/C22H24N4O4/c1-2-30-21(27)14-24-8-10-25(11-9-24)17-4-3-5-18(13-17)26-15-23-19-12-16(22(28)29)6-7-20(19)26/h3-7,12-13,15H,2,8-11,14H2,1H3,(H,28,29). The summed E-state index contributed by atoms with van der Waals surface area (Å²) in [5.41, 5.74) is 3.80. The second-order valence-corrected chi connectivity index (χ2v) is 7.21. The Kier molecular flexibility index (Phi) is 5.67. The highest BCUT2D eigenvalue weighted by atomic mass is 16.5. The molecule has 0 radical (unpaired) electrons. The van der Waals surface area contributed by atoms with E-state index < -0.39 is 5.97 Å². The van der Waals surface area contributed by atoms with Crippen molar-refractivity contribution in [1.29, 1.82) is 0 Å². The Morgan fingerprint density at radius 1 is 1.07 bits per heavy atom. The first kappa shape index (κ1) is 19.9. The Hall–Kier alpha value is -3.39. The van der Waals surface area contributed by atoms with E-state index in [1.54, 1.807) is 24.5 Å². The van der Waals surface area contributed by atoms with Crippen LogP contribution in [0.5, 0.6) is 0 Å². The van der Waals surface area contributed by atoms with Crippen LogP contribution < -0.4 is 4.90 Å². The Balaban J connectivity index is 1.49. The van der Waals surface area contributed by atoms with Gasteiger partial charge in [-0.2, -0.15) is 0 Å². The van der Waals surface area contributed by atoms with Gasteiger partial charge in [0, 0.05) is 37.6 Å². The van der Waals surface area contributed by atoms with E-state index in [0.717, 1.165) is 43.1 Å². The van der Waals surface area contributed by atoms with Gasteiger partial charge in [-0.15, -0.1) is 0 Å². The second kappa shape index (κ2) is 8.54. The molecule has 0 saturated carbocycles. The number of carboxylic acids is 1. The third-order valence-electron chi connectivity index (χ3n) is 5.30. The van der Waals surface area contributed by atoms with Gasteiger partial charge in [-0.1, -0.05) is 6.07 Å². The van der Waals surface area contributed by atoms with Gasteiger partial charge >= 0.3 is 11.9 Å². The van der Waals surface area contributed by atoms with Crippen molar-refractivity contribution in [2.24, 2.45) is 0 Å². The normalized spacial score (nSPS) is 14.8. The van der Waals surface area contributed by atoms with Crippen LogP contribution in [0.3, 0.4) is 0 Å². The summed E-state index contributed by atoms with van der Waals surface area (Å²) < 4.78 is 6.99. The number of piperazine rings is 1. The highest BCUT2D eigenvalue weighted by Crippen LogP contribution is 2.24. The largest absolute Gasteiger partial charge is 0.478 e. The smallest absolute Gasteiger partial charge is 0.335 e. The number of nitrogens with zero attached hydrogens (tertiary/aromatic N) is 4. The zero-order chi connectivity index (χ0) is 21.1. The number of ether oxygens (including phenoxy) is 1. The first-order chi connectivity index (χ1) is 14.5. The zero-order valence-electron chi connectivity index (χ0n) is 16.8. The molecule has 0 unspecified atom stereocenters. The highest BCUT2D eigenvalue weighted by molar-refractivity contribution is 5.92. The van der Waals surface area contributed by atoms with Crippen LogP contribution in [-0.4, -0.2) is 70.8 Å². The molecule has 3 aromatic rings. The Morgan fingerprint density at radius 2 is 1.83 bits per heavy atom. The molecular weight excluding hydrogens is 384 g/mol. The highest BCUT2D eigenvalue weighted by Gasteiger charge is 2.20. The molecule has 0 bridgehead atoms. The second-order valence-electron chi connectivity index (χ2n) is 7.21. The minimum absolute atomic E-state index is 0.175. The van der Waals surface area contributed by atoms with E-state index in [2.05, 4.69) is 26.9 Å². The van der Waals surface area contributed by atoms with Crippen molar-refractivity contribution < 1.29 is 19.4 Å². The summed E-state index contributed by atoms with van der Waals surface area (Å²) in [5, 5.41) is 9.17. The predicted octanol–water partition coefficient (Wildman–Crippen LogP) is 2.41. The lowest BCUT2D eigenvalue weighted by Gasteiger charge is -2.35. The lowest BCUT2D eigenvalue weighted by Crippen LogP contribution is -2.48. The van der Waals surface area contributed by atoms with Crippen molar-refractivity contribution in [2.45, 2.75) is 6.92 Å². The van der Waals surface area contributed by atoms with E-state index >= 15 is 0 Å². The number of anilines is 1. The van der Waals surface area contributed by atoms with Crippen molar-refractivity contribution in [3.63, 3.8) is 0 Å². The molecule has 2 aromatic carbocycles. The topological polar surface area (TPSA) is 87.9 Å². The molecule has 1 aliphatic rings. The molecule has 0 aliphatic carbocycles. The number of carboxylic acid groups (broad SMARTS) is 1. The van der Waals surface area contributed by atoms with E-state index in [1.807, 2.05) is 23.6 Å². The average molecular weight is 408 g/mol. The first-order valence-electron chi connectivity index (χ1n) is 9.99. The molecular formula is C22H24N4O4. The van der Waals surface area contributed by atoms with Crippen LogP contribution in [0.15, 0.2) is 48.8 Å². The summed E-state index contributed by atoms with van der Waals surface area (Å²) >= 11 is 0. The molecule has 1 N–H and O–H groups in total. The fraction of sp³-hybridized carbons (Fsp3) is 0.318. The van der Waals surface area contributed by atoms with E-state index in [-0.39, 0.29) is 11.5 Å². The number of benzene rings is 2. The third-order valence-corrected chi connectivity index (χ3v) is 5.30. The number of carbonyl (C=O) groups excluding carboxylic acids is 1. The summed E-state index contributed by atoms with van der Waals surface area (Å²) in [7, 11) is 0. The van der Waals surface area contributed by atoms with Crippen LogP contribution in [0.4, 0.5) is 5.69 Å². The van der Waals surface area contributed by atoms with Gasteiger partial charge in [0.2, 0.25) is 0 Å². The number of carbonyl (C=O) groups is 2. The monoisotopic (exact) mass is 408 g/mol. The SMILES string of the molecule is CCOC(=O)CN1CCN(c2cccc(-n3cnc4cc(C(=O)O)ccc43)c2)CC1. The number of aromatic carboxylic acids is 1. The number of hydrogen-bond donors (Lipinski definition) is 1. The molecule has 156 valence electrons. The molecule has 0 amide bonds. The van der Waals surface area contributed by atoms with Crippen molar-refractivity contribution in [3.8, 4) is 5.69 Å². The van der Waals surface area contributed by atoms with Crippen LogP contribution in [0.1, 0.15) is 17.3 Å². The minimum Gasteiger partial charge on any atom is -0.478 e. The average Bonchev–Trinajstić information content (AvgIpc) is 3.18. The van der Waals surface area contributed by atoms with Gasteiger partial charge in [-0.25, -0.2) is 9.78 Å². The zero-order valence-corrected chi connectivity index (χ0v) is 16.8. The van der Waals surface area contributed by atoms with E-state index in [9.17, 15) is 14.7 Å². The number of aromatic nitrogens is 2. The quantitative estimate of drug-likeness (QED) is 0.627. The van der Waals surface area contributed by atoms with Crippen LogP contribution in [-0.2, 0) is 9.53 Å². The summed E-state index contributed by atoms with van der Waals surface area (Å²) in [4.78, 5) is 31.7. The Morgan fingerprint density at radius 3 is 2.57 bits per heavy atom. The molecule has 1 aromatic heterocycles. The molecule has 1 saturated heterocycles. The summed E-state index contributed by atoms with van der Waals surface area (Å²) in [6.45, 7) is 5.82. The number of imidazole rings is 1. The molecule has 2 heterocycles. The molecule has 8 heteroatoms. The molecule has 1 aliphatic heterocycles. The molecule has 1 fully saturated rings. The molecule has 30 heavy (non-hydrogen) atoms. The van der Waals surface area contributed by atoms with Crippen molar-refractivity contribution in [1.82, 2.24) is 14.5 Å². The van der Waals surface area contributed by atoms with Crippen LogP contribution in [0, 0.1) is 0 Å². The van der Waals surface area contributed by atoms with Gasteiger partial charge < -0.3 is 14.7 Å². The van der Waals surface area contributed by atoms with Gasteiger partial charge in [0.25, 0.3) is 0 Å². The van der Waals surface area contributed by atoms with Crippen molar-refractivity contribution in [3.05, 3.63) is 54.4 Å². The maximum atomic E-state index is 11.7. The van der Waals surface area contributed by atoms with Crippen LogP contribution in [0.25, 0.3) is 16.7 Å². The van der Waals surface area contributed by atoms with Gasteiger partial charge in [0.05, 0.1) is 29.7 Å². The molecule has 0 atom stereocenters. The van der Waals surface area contributed by atoms with E-state index in [0.29, 0.717) is 18.7 Å². The fourth-order valence-corrected chi connectivity index (χ4v) is 3.74. The lowest BCUT2D eigenvalue weighted by molar-refractivity contribution is -0.144. The molecule has 0 spiro atoms. The van der Waals surface area contributed by atoms with Gasteiger partial charge in [0.15, 0.2) is 0 Å². The Bertz CT molecular complexity index is 1070. The van der Waals surface area contributed by atoms with Crippen LogP contribution in [0.2, 0.25) is 0 Å². The van der Waals surface area contributed by atoms with Gasteiger partial charge in [-0.05, 0) is 43.3 Å². The first-order valence-corrected chi connectivity index (χ1v) is 9.99. The molecule has 8 nitrogen and oxygen atoms in total. The van der Waals surface area contributed by atoms with Crippen LogP contribution >= 0.6 is 0 Å². The number of hydrogen-bond acceptors (Lipinski definition) is 6. The molecule has 4 rings (SSSR count). The van der Waals surface area contributed by atoms with Crippen molar-refractivity contribution >= 4 is 28.7 Å². The lowest BCUT2D eigenvalue weighted by atomic mass is 10.2. The number of esters is 1. The third kappa shape index (κ3) is 4.13. The maximum Gasteiger partial charge on any atom is 0.335 e.